The molecule has 0 atom stereocenters. The van der Waals surface area contributed by atoms with Crippen molar-refractivity contribution in [3.05, 3.63) is 72.6 Å². The number of nitrogens with zero attached hydrogens (tertiary/aromatic N) is 1. The number of aromatic nitrogens is 1. The van der Waals surface area contributed by atoms with Gasteiger partial charge >= 0.3 is 0 Å². The Labute approximate surface area is 164 Å². The number of pyridine rings is 1. The van der Waals surface area contributed by atoms with Crippen molar-refractivity contribution in [3.63, 3.8) is 0 Å². The Morgan fingerprint density at radius 2 is 1.68 bits per heavy atom. The van der Waals surface area contributed by atoms with Crippen molar-refractivity contribution in [3.8, 4) is 11.5 Å². The molecule has 0 unspecified atom stereocenters. The highest BCUT2D eigenvalue weighted by atomic mass is 16.5. The molecule has 0 fully saturated rings. The second-order valence-corrected chi connectivity index (χ2v) is 5.93. The first-order valence-corrected chi connectivity index (χ1v) is 9.17. The zero-order valence-electron chi connectivity index (χ0n) is 15.9. The van der Waals surface area contributed by atoms with Gasteiger partial charge in [0.1, 0.15) is 11.5 Å². The third-order valence-corrected chi connectivity index (χ3v) is 3.89. The van der Waals surface area contributed by atoms with Crippen molar-refractivity contribution in [2.75, 3.05) is 23.8 Å². The summed E-state index contributed by atoms with van der Waals surface area (Å²) in [6.07, 6.45) is 3.19. The Morgan fingerprint density at radius 1 is 0.929 bits per heavy atom. The minimum Gasteiger partial charge on any atom is -0.494 e. The van der Waals surface area contributed by atoms with Crippen LogP contribution in [0, 0.1) is 0 Å². The number of ether oxygens (including phenoxy) is 2. The van der Waals surface area contributed by atoms with Gasteiger partial charge in [-0.1, -0.05) is 12.1 Å². The number of para-hydroxylation sites is 2. The lowest BCUT2D eigenvalue weighted by Crippen LogP contribution is -2.12. The summed E-state index contributed by atoms with van der Waals surface area (Å²) in [6, 6.07) is 16.6. The molecule has 0 bridgehead atoms. The Hall–Kier alpha value is -3.54. The first-order valence-electron chi connectivity index (χ1n) is 9.17. The molecule has 2 N–H and O–H groups in total. The maximum absolute atomic E-state index is 12.6. The van der Waals surface area contributed by atoms with Crippen LogP contribution in [0.3, 0.4) is 0 Å². The van der Waals surface area contributed by atoms with Crippen molar-refractivity contribution >= 4 is 23.0 Å². The Bertz CT molecular complexity index is 926. The minimum atomic E-state index is -0.238. The number of carbonyl (C=O) groups excluding carboxylic acids is 1. The van der Waals surface area contributed by atoms with Gasteiger partial charge in [-0.15, -0.1) is 0 Å². The van der Waals surface area contributed by atoms with E-state index in [0.717, 1.165) is 17.2 Å². The highest BCUT2D eigenvalue weighted by Crippen LogP contribution is 2.27. The fraction of sp³-hybridized carbons (Fsp3) is 0.182. The van der Waals surface area contributed by atoms with Crippen molar-refractivity contribution in [1.82, 2.24) is 4.98 Å². The summed E-state index contributed by atoms with van der Waals surface area (Å²) < 4.78 is 11.0. The van der Waals surface area contributed by atoms with E-state index in [4.69, 9.17) is 9.47 Å². The third kappa shape index (κ3) is 5.01. The van der Waals surface area contributed by atoms with Crippen molar-refractivity contribution in [2.45, 2.75) is 13.8 Å². The van der Waals surface area contributed by atoms with E-state index >= 15 is 0 Å². The summed E-state index contributed by atoms with van der Waals surface area (Å²) in [5.41, 5.74) is 2.66. The van der Waals surface area contributed by atoms with Gasteiger partial charge in [-0.05, 0) is 56.3 Å². The summed E-state index contributed by atoms with van der Waals surface area (Å²) in [5, 5.41) is 6.12. The van der Waals surface area contributed by atoms with Crippen LogP contribution in [0.15, 0.2) is 67.0 Å². The molecule has 28 heavy (non-hydrogen) atoms. The third-order valence-electron chi connectivity index (χ3n) is 3.89. The second-order valence-electron chi connectivity index (χ2n) is 5.93. The van der Waals surface area contributed by atoms with Crippen LogP contribution in [-0.2, 0) is 0 Å². The van der Waals surface area contributed by atoms with Gasteiger partial charge in [-0.2, -0.15) is 0 Å². The molecule has 144 valence electrons. The summed E-state index contributed by atoms with van der Waals surface area (Å²) in [6.45, 7) is 5.03. The van der Waals surface area contributed by atoms with E-state index in [2.05, 4.69) is 15.6 Å². The zero-order chi connectivity index (χ0) is 19.8. The van der Waals surface area contributed by atoms with Crippen LogP contribution in [0.4, 0.5) is 17.1 Å². The molecule has 0 radical (unpaired) electrons. The number of hydrogen-bond donors (Lipinski definition) is 2. The molecule has 0 aliphatic heterocycles. The van der Waals surface area contributed by atoms with Crippen LogP contribution in [0.1, 0.15) is 24.2 Å². The summed E-state index contributed by atoms with van der Waals surface area (Å²) in [4.78, 5) is 16.7. The van der Waals surface area contributed by atoms with E-state index in [0.29, 0.717) is 30.2 Å². The molecule has 0 aliphatic carbocycles. The standard InChI is InChI=1S/C22H23N3O3/c1-3-27-19-11-9-17(10-12-19)25-22(26)16-13-18(15-23-14-16)24-20-7-5-6-8-21(20)28-4-2/h5-15,24H,3-4H2,1-2H3,(H,25,26). The molecule has 1 heterocycles. The lowest BCUT2D eigenvalue weighted by molar-refractivity contribution is 0.102. The number of benzene rings is 2. The second kappa shape index (κ2) is 9.41. The van der Waals surface area contributed by atoms with Crippen molar-refractivity contribution in [2.24, 2.45) is 0 Å². The fourth-order valence-corrected chi connectivity index (χ4v) is 2.64. The van der Waals surface area contributed by atoms with Crippen molar-refractivity contribution < 1.29 is 14.3 Å². The molecular formula is C22H23N3O3. The normalized spacial score (nSPS) is 10.2. The maximum atomic E-state index is 12.6. The quantitative estimate of drug-likeness (QED) is 0.586. The van der Waals surface area contributed by atoms with E-state index in [1.807, 2.05) is 50.2 Å². The van der Waals surface area contributed by atoms with Gasteiger partial charge in [-0.25, -0.2) is 0 Å². The highest BCUT2D eigenvalue weighted by Gasteiger charge is 2.09. The molecule has 0 saturated heterocycles. The molecule has 1 aromatic heterocycles. The van der Waals surface area contributed by atoms with Crippen LogP contribution < -0.4 is 20.1 Å². The molecule has 6 heteroatoms. The fourth-order valence-electron chi connectivity index (χ4n) is 2.64. The first-order chi connectivity index (χ1) is 13.7. The molecule has 3 aromatic rings. The minimum absolute atomic E-state index is 0.238. The monoisotopic (exact) mass is 377 g/mol. The molecule has 3 rings (SSSR count). The van der Waals surface area contributed by atoms with Gasteiger partial charge in [-0.3, -0.25) is 9.78 Å². The van der Waals surface area contributed by atoms with Crippen LogP contribution in [0.25, 0.3) is 0 Å². The lowest BCUT2D eigenvalue weighted by atomic mass is 10.2. The molecule has 1 amide bonds. The Balaban J connectivity index is 1.71. The Kier molecular flexibility index (Phi) is 6.46. The van der Waals surface area contributed by atoms with Gasteiger partial charge in [0.25, 0.3) is 5.91 Å². The van der Waals surface area contributed by atoms with Crippen LogP contribution in [-0.4, -0.2) is 24.1 Å². The van der Waals surface area contributed by atoms with E-state index in [9.17, 15) is 4.79 Å². The SMILES string of the molecule is CCOc1ccc(NC(=O)c2cncc(Nc3ccccc3OCC)c2)cc1. The van der Waals surface area contributed by atoms with Gasteiger partial charge in [0.15, 0.2) is 0 Å². The number of anilines is 3. The van der Waals surface area contributed by atoms with Gasteiger partial charge < -0.3 is 20.1 Å². The van der Waals surface area contributed by atoms with E-state index in [-0.39, 0.29) is 5.91 Å². The summed E-state index contributed by atoms with van der Waals surface area (Å²) >= 11 is 0. The predicted molar refractivity (Wildman–Crippen MR) is 111 cm³/mol. The van der Waals surface area contributed by atoms with Crippen LogP contribution in [0.2, 0.25) is 0 Å². The Morgan fingerprint density at radius 3 is 2.43 bits per heavy atom. The maximum Gasteiger partial charge on any atom is 0.257 e. The van der Waals surface area contributed by atoms with Gasteiger partial charge in [0, 0.05) is 11.9 Å². The van der Waals surface area contributed by atoms with Gasteiger partial charge in [0.2, 0.25) is 0 Å². The number of amides is 1. The number of rotatable bonds is 8. The van der Waals surface area contributed by atoms with E-state index in [1.165, 1.54) is 6.20 Å². The van der Waals surface area contributed by atoms with E-state index < -0.39 is 0 Å². The summed E-state index contributed by atoms with van der Waals surface area (Å²) in [5.74, 6) is 1.27. The number of nitrogens with one attached hydrogen (secondary N) is 2. The lowest BCUT2D eigenvalue weighted by Gasteiger charge is -2.13. The number of carbonyl (C=O) groups is 1. The summed E-state index contributed by atoms with van der Waals surface area (Å²) in [7, 11) is 0. The molecule has 0 aliphatic rings. The number of hydrogen-bond acceptors (Lipinski definition) is 5. The highest BCUT2D eigenvalue weighted by molar-refractivity contribution is 6.04. The van der Waals surface area contributed by atoms with Gasteiger partial charge in [0.05, 0.1) is 36.3 Å². The topological polar surface area (TPSA) is 72.5 Å². The molecule has 6 nitrogen and oxygen atoms in total. The molecule has 2 aromatic carbocycles. The van der Waals surface area contributed by atoms with Crippen LogP contribution >= 0.6 is 0 Å². The predicted octanol–water partition coefficient (Wildman–Crippen LogP) is 4.87. The van der Waals surface area contributed by atoms with Crippen LogP contribution in [0.5, 0.6) is 11.5 Å². The average Bonchev–Trinajstić information content (AvgIpc) is 2.71. The molecular weight excluding hydrogens is 354 g/mol. The zero-order valence-corrected chi connectivity index (χ0v) is 15.9. The first kappa shape index (κ1) is 19.2. The average molecular weight is 377 g/mol. The van der Waals surface area contributed by atoms with E-state index in [1.54, 1.807) is 24.4 Å². The smallest absolute Gasteiger partial charge is 0.257 e. The largest absolute Gasteiger partial charge is 0.494 e. The molecule has 0 spiro atoms. The molecule has 0 saturated carbocycles. The van der Waals surface area contributed by atoms with Crippen molar-refractivity contribution in [1.29, 1.82) is 0 Å².